The van der Waals surface area contributed by atoms with Gasteiger partial charge in [-0.3, -0.25) is 9.78 Å². The van der Waals surface area contributed by atoms with Crippen LogP contribution in [0.4, 0.5) is 0 Å². The number of halogens is 1. The molecule has 0 bridgehead atoms. The maximum absolute atomic E-state index is 12.8. The lowest BCUT2D eigenvalue weighted by atomic mass is 10.1. The fourth-order valence-electron chi connectivity index (χ4n) is 2.80. The molecule has 4 aromatic rings. The molecule has 0 aliphatic carbocycles. The second-order valence-electron chi connectivity index (χ2n) is 6.00. The Balaban J connectivity index is 1.65. The molecule has 0 saturated heterocycles. The Morgan fingerprint density at radius 2 is 2.00 bits per heavy atom. The van der Waals surface area contributed by atoms with Crippen LogP contribution in [0.1, 0.15) is 15.4 Å². The molecule has 0 spiro atoms. The van der Waals surface area contributed by atoms with Gasteiger partial charge in [-0.2, -0.15) is 0 Å². The zero-order valence-corrected chi connectivity index (χ0v) is 16.3. The van der Waals surface area contributed by atoms with Crippen LogP contribution in [0.5, 0.6) is 0 Å². The highest BCUT2D eigenvalue weighted by Gasteiger charge is 2.22. The lowest BCUT2D eigenvalue weighted by Crippen LogP contribution is -2.26. The quantitative estimate of drug-likeness (QED) is 0.522. The van der Waals surface area contributed by atoms with Crippen LogP contribution in [-0.2, 0) is 6.42 Å². The van der Waals surface area contributed by atoms with E-state index in [-0.39, 0.29) is 11.6 Å². The second kappa shape index (κ2) is 8.33. The summed E-state index contributed by atoms with van der Waals surface area (Å²) in [5.74, 6) is -0.268. The van der Waals surface area contributed by atoms with Crippen LogP contribution in [0.15, 0.2) is 66.3 Å². The van der Waals surface area contributed by atoms with Crippen molar-refractivity contribution in [2.24, 2.45) is 0 Å². The van der Waals surface area contributed by atoms with E-state index in [0.29, 0.717) is 17.3 Å². The summed E-state index contributed by atoms with van der Waals surface area (Å²) in [7, 11) is 0. The molecule has 3 aromatic heterocycles. The Morgan fingerprint density at radius 3 is 2.71 bits per heavy atom. The predicted octanol–water partition coefficient (Wildman–Crippen LogP) is 4.02. The summed E-state index contributed by atoms with van der Waals surface area (Å²) in [6.45, 7) is 0.527. The third-order valence-electron chi connectivity index (χ3n) is 4.13. The van der Waals surface area contributed by atoms with Gasteiger partial charge in [0.25, 0.3) is 5.91 Å². The standard InChI is InChI=1S/C20H16ClN5OS/c21-15-5-7-16(8-6-15)26-19(14-3-1-10-22-13-14)18(24-25-26)20(27)23-11-9-17-4-2-12-28-17/h1-8,10,12-13H,9,11H2,(H,23,27). The molecule has 0 fully saturated rings. The van der Waals surface area contributed by atoms with Gasteiger partial charge in [0.05, 0.1) is 5.69 Å². The van der Waals surface area contributed by atoms with Crippen molar-refractivity contribution in [1.82, 2.24) is 25.3 Å². The first-order valence-corrected chi connectivity index (χ1v) is 9.91. The molecule has 0 unspecified atom stereocenters. The van der Waals surface area contributed by atoms with E-state index in [2.05, 4.69) is 26.7 Å². The van der Waals surface area contributed by atoms with E-state index in [4.69, 9.17) is 11.6 Å². The van der Waals surface area contributed by atoms with Crippen LogP contribution in [0.2, 0.25) is 5.02 Å². The zero-order valence-electron chi connectivity index (χ0n) is 14.7. The van der Waals surface area contributed by atoms with Crippen LogP contribution < -0.4 is 5.32 Å². The van der Waals surface area contributed by atoms with E-state index < -0.39 is 0 Å². The molecule has 1 amide bonds. The highest BCUT2D eigenvalue weighted by Crippen LogP contribution is 2.25. The molecule has 1 N–H and O–H groups in total. The zero-order chi connectivity index (χ0) is 19.3. The minimum Gasteiger partial charge on any atom is -0.350 e. The summed E-state index contributed by atoms with van der Waals surface area (Å²) in [6.07, 6.45) is 4.14. The van der Waals surface area contributed by atoms with Crippen LogP contribution in [0.3, 0.4) is 0 Å². The smallest absolute Gasteiger partial charge is 0.274 e. The van der Waals surface area contributed by atoms with Crippen molar-refractivity contribution in [3.63, 3.8) is 0 Å². The third-order valence-corrected chi connectivity index (χ3v) is 5.32. The number of carbonyl (C=O) groups excluding carboxylic acids is 1. The number of nitrogens with one attached hydrogen (secondary N) is 1. The molecule has 3 heterocycles. The topological polar surface area (TPSA) is 72.7 Å². The van der Waals surface area contributed by atoms with Crippen molar-refractivity contribution in [2.75, 3.05) is 6.54 Å². The van der Waals surface area contributed by atoms with Gasteiger partial charge in [-0.15, -0.1) is 16.4 Å². The number of rotatable bonds is 6. The Labute approximate surface area is 170 Å². The van der Waals surface area contributed by atoms with Crippen LogP contribution in [0.25, 0.3) is 16.9 Å². The first-order valence-electron chi connectivity index (χ1n) is 8.65. The Bertz CT molecular complexity index is 1060. The highest BCUT2D eigenvalue weighted by atomic mass is 35.5. The minimum absolute atomic E-state index is 0.258. The van der Waals surface area contributed by atoms with Gasteiger partial charge < -0.3 is 5.32 Å². The summed E-state index contributed by atoms with van der Waals surface area (Å²) >= 11 is 7.66. The predicted molar refractivity (Wildman–Crippen MR) is 110 cm³/mol. The largest absolute Gasteiger partial charge is 0.350 e. The summed E-state index contributed by atoms with van der Waals surface area (Å²) in [4.78, 5) is 18.2. The maximum atomic E-state index is 12.8. The van der Waals surface area contributed by atoms with Gasteiger partial charge in [-0.25, -0.2) is 4.68 Å². The molecule has 6 nitrogen and oxygen atoms in total. The maximum Gasteiger partial charge on any atom is 0.274 e. The molecule has 28 heavy (non-hydrogen) atoms. The second-order valence-corrected chi connectivity index (χ2v) is 7.47. The monoisotopic (exact) mass is 409 g/mol. The molecule has 140 valence electrons. The average molecular weight is 410 g/mol. The van der Waals surface area contributed by atoms with E-state index in [9.17, 15) is 4.79 Å². The molecule has 8 heteroatoms. The van der Waals surface area contributed by atoms with Gasteiger partial charge in [0.1, 0.15) is 5.69 Å². The molecule has 0 atom stereocenters. The normalized spacial score (nSPS) is 10.8. The number of nitrogens with zero attached hydrogens (tertiary/aromatic N) is 4. The number of carbonyl (C=O) groups is 1. The molecule has 4 rings (SSSR count). The fraction of sp³-hybridized carbons (Fsp3) is 0.100. The lowest BCUT2D eigenvalue weighted by molar-refractivity contribution is 0.0950. The van der Waals surface area contributed by atoms with Gasteiger partial charge >= 0.3 is 0 Å². The molecule has 0 radical (unpaired) electrons. The van der Waals surface area contributed by atoms with Crippen molar-refractivity contribution in [2.45, 2.75) is 6.42 Å². The van der Waals surface area contributed by atoms with Crippen molar-refractivity contribution in [3.8, 4) is 16.9 Å². The number of aromatic nitrogens is 4. The van der Waals surface area contributed by atoms with Gasteiger partial charge in [-0.1, -0.05) is 22.9 Å². The number of benzene rings is 1. The molecular weight excluding hydrogens is 394 g/mol. The van der Waals surface area contributed by atoms with E-state index in [0.717, 1.165) is 17.7 Å². The van der Waals surface area contributed by atoms with Gasteiger partial charge in [0.2, 0.25) is 0 Å². The third kappa shape index (κ3) is 3.95. The Hall–Kier alpha value is -3.03. The van der Waals surface area contributed by atoms with Crippen molar-refractivity contribution in [3.05, 3.63) is 81.9 Å². The molecular formula is C20H16ClN5OS. The van der Waals surface area contributed by atoms with Gasteiger partial charge in [0, 0.05) is 34.4 Å². The minimum atomic E-state index is -0.268. The number of pyridine rings is 1. The van der Waals surface area contributed by atoms with Gasteiger partial charge in [0.15, 0.2) is 5.69 Å². The van der Waals surface area contributed by atoms with Crippen molar-refractivity contribution < 1.29 is 4.79 Å². The summed E-state index contributed by atoms with van der Waals surface area (Å²) in [6, 6.07) is 14.9. The summed E-state index contributed by atoms with van der Waals surface area (Å²) in [5, 5.41) is 13.9. The van der Waals surface area contributed by atoms with Crippen LogP contribution in [-0.4, -0.2) is 32.4 Å². The average Bonchev–Trinajstić information content (AvgIpc) is 3.39. The number of hydrogen-bond donors (Lipinski definition) is 1. The molecule has 0 aliphatic heterocycles. The Morgan fingerprint density at radius 1 is 1.14 bits per heavy atom. The number of amides is 1. The molecule has 1 aromatic carbocycles. The van der Waals surface area contributed by atoms with E-state index in [1.165, 1.54) is 4.88 Å². The molecule has 0 saturated carbocycles. The van der Waals surface area contributed by atoms with E-state index in [1.54, 1.807) is 40.5 Å². The van der Waals surface area contributed by atoms with Crippen molar-refractivity contribution >= 4 is 28.8 Å². The van der Waals surface area contributed by atoms with Crippen LogP contribution in [0, 0.1) is 0 Å². The van der Waals surface area contributed by atoms with E-state index >= 15 is 0 Å². The molecule has 0 aliphatic rings. The van der Waals surface area contributed by atoms with Gasteiger partial charge in [-0.05, 0) is 54.3 Å². The van der Waals surface area contributed by atoms with Crippen molar-refractivity contribution in [1.29, 1.82) is 0 Å². The first-order chi connectivity index (χ1) is 13.7. The number of thiophene rings is 1. The Kier molecular flexibility index (Phi) is 5.45. The van der Waals surface area contributed by atoms with Crippen LogP contribution >= 0.6 is 22.9 Å². The summed E-state index contributed by atoms with van der Waals surface area (Å²) < 4.78 is 1.63. The lowest BCUT2D eigenvalue weighted by Gasteiger charge is -2.08. The number of hydrogen-bond acceptors (Lipinski definition) is 5. The van der Waals surface area contributed by atoms with E-state index in [1.807, 2.05) is 35.7 Å². The highest BCUT2D eigenvalue weighted by molar-refractivity contribution is 7.09. The SMILES string of the molecule is O=C(NCCc1cccs1)c1nnn(-c2ccc(Cl)cc2)c1-c1cccnc1. The summed E-state index contributed by atoms with van der Waals surface area (Å²) in [5.41, 5.74) is 2.36. The first kappa shape index (κ1) is 18.3. The fourth-order valence-corrected chi connectivity index (χ4v) is 3.63.